The average molecular weight is 377 g/mol. The number of amides is 1. The van der Waals surface area contributed by atoms with Crippen molar-refractivity contribution in [1.29, 1.82) is 0 Å². The molecule has 2 heterocycles. The van der Waals surface area contributed by atoms with Gasteiger partial charge >= 0.3 is 0 Å². The molecule has 0 saturated heterocycles. The Morgan fingerprint density at radius 3 is 2.68 bits per heavy atom. The van der Waals surface area contributed by atoms with Gasteiger partial charge in [0.2, 0.25) is 12.7 Å². The highest BCUT2D eigenvalue weighted by Gasteiger charge is 2.14. The van der Waals surface area contributed by atoms with E-state index in [4.69, 9.17) is 9.47 Å². The van der Waals surface area contributed by atoms with Crippen molar-refractivity contribution in [3.05, 3.63) is 76.1 Å². The number of carbonyl (C=O) groups excluding carboxylic acids is 1. The summed E-state index contributed by atoms with van der Waals surface area (Å²) in [6, 6.07) is 16.4. The number of fused-ring (bicyclic) bond motifs is 1. The smallest absolute Gasteiger partial charge is 0.267 e. The van der Waals surface area contributed by atoms with Gasteiger partial charge in [0, 0.05) is 18.2 Å². The van der Waals surface area contributed by atoms with Gasteiger partial charge in [-0.2, -0.15) is 5.10 Å². The molecule has 2 aromatic carbocycles. The van der Waals surface area contributed by atoms with Crippen molar-refractivity contribution in [3.63, 3.8) is 0 Å². The van der Waals surface area contributed by atoms with E-state index in [2.05, 4.69) is 10.4 Å². The molecule has 0 unspecified atom stereocenters. The van der Waals surface area contributed by atoms with Crippen LogP contribution in [0.1, 0.15) is 11.1 Å². The molecule has 7 nitrogen and oxygen atoms in total. The molecule has 3 aromatic rings. The van der Waals surface area contributed by atoms with E-state index in [1.54, 1.807) is 12.1 Å². The summed E-state index contributed by atoms with van der Waals surface area (Å²) in [6.07, 6.45) is 0. The molecule has 1 aliphatic heterocycles. The van der Waals surface area contributed by atoms with Crippen LogP contribution in [-0.2, 0) is 17.9 Å². The minimum Gasteiger partial charge on any atom is -0.454 e. The van der Waals surface area contributed by atoms with Gasteiger partial charge in [-0.3, -0.25) is 9.59 Å². The number of ether oxygens (including phenoxy) is 2. The van der Waals surface area contributed by atoms with Crippen LogP contribution in [0.3, 0.4) is 0 Å². The summed E-state index contributed by atoms with van der Waals surface area (Å²) >= 11 is 0. The van der Waals surface area contributed by atoms with E-state index in [0.717, 1.165) is 16.7 Å². The van der Waals surface area contributed by atoms with Crippen LogP contribution in [0.4, 0.5) is 0 Å². The third kappa shape index (κ3) is 3.88. The van der Waals surface area contributed by atoms with E-state index in [0.29, 0.717) is 23.7 Å². The predicted octanol–water partition coefficient (Wildman–Crippen LogP) is 2.26. The van der Waals surface area contributed by atoms with Crippen LogP contribution in [0.2, 0.25) is 0 Å². The van der Waals surface area contributed by atoms with Crippen molar-refractivity contribution < 1.29 is 14.3 Å². The summed E-state index contributed by atoms with van der Waals surface area (Å²) in [5, 5.41) is 7.12. The molecule has 4 rings (SSSR count). The summed E-state index contributed by atoms with van der Waals surface area (Å²) in [5.41, 5.74) is 3.23. The summed E-state index contributed by atoms with van der Waals surface area (Å²) in [7, 11) is 0. The van der Waals surface area contributed by atoms with Gasteiger partial charge in [0.25, 0.3) is 5.56 Å². The molecule has 0 aliphatic carbocycles. The van der Waals surface area contributed by atoms with Crippen molar-refractivity contribution in [2.24, 2.45) is 0 Å². The average Bonchev–Trinajstić information content (AvgIpc) is 3.17. The van der Waals surface area contributed by atoms with Crippen molar-refractivity contribution >= 4 is 5.91 Å². The van der Waals surface area contributed by atoms with Crippen molar-refractivity contribution in [1.82, 2.24) is 15.1 Å². The van der Waals surface area contributed by atoms with Gasteiger partial charge in [-0.25, -0.2) is 4.68 Å². The first-order valence-corrected chi connectivity index (χ1v) is 8.89. The van der Waals surface area contributed by atoms with Gasteiger partial charge in [0.15, 0.2) is 11.5 Å². The number of aromatic nitrogens is 2. The molecule has 1 N–H and O–H groups in total. The number of benzene rings is 2. The van der Waals surface area contributed by atoms with Gasteiger partial charge < -0.3 is 14.8 Å². The molecule has 0 bridgehead atoms. The van der Waals surface area contributed by atoms with Gasteiger partial charge in [0.1, 0.15) is 6.54 Å². The first-order chi connectivity index (χ1) is 13.6. The fraction of sp³-hybridized carbons (Fsp3) is 0.190. The molecule has 28 heavy (non-hydrogen) atoms. The number of hydrogen-bond acceptors (Lipinski definition) is 5. The molecule has 0 saturated carbocycles. The van der Waals surface area contributed by atoms with E-state index in [1.165, 1.54) is 10.7 Å². The fourth-order valence-electron chi connectivity index (χ4n) is 2.88. The molecular weight excluding hydrogens is 358 g/mol. The minimum absolute atomic E-state index is 0.150. The first-order valence-electron chi connectivity index (χ1n) is 8.89. The molecule has 1 aliphatic rings. The van der Waals surface area contributed by atoms with E-state index in [9.17, 15) is 9.59 Å². The lowest BCUT2D eigenvalue weighted by molar-refractivity contribution is -0.122. The standard InChI is InChI=1S/C21H19N3O4/c1-14-2-5-16(6-3-14)17-7-9-21(26)24(23-17)12-20(25)22-11-15-4-8-18-19(10-15)28-13-27-18/h2-10H,11-13H2,1H3,(H,22,25). The zero-order valence-electron chi connectivity index (χ0n) is 15.3. The van der Waals surface area contributed by atoms with E-state index >= 15 is 0 Å². The van der Waals surface area contributed by atoms with Crippen molar-refractivity contribution in [3.8, 4) is 22.8 Å². The number of hydrogen-bond donors (Lipinski definition) is 1. The SMILES string of the molecule is Cc1ccc(-c2ccc(=O)n(CC(=O)NCc3ccc4c(c3)OCO4)n2)cc1. The second-order valence-corrected chi connectivity index (χ2v) is 6.54. The monoisotopic (exact) mass is 377 g/mol. The zero-order chi connectivity index (χ0) is 19.5. The largest absolute Gasteiger partial charge is 0.454 e. The highest BCUT2D eigenvalue weighted by molar-refractivity contribution is 5.75. The molecular formula is C21H19N3O4. The maximum atomic E-state index is 12.3. The van der Waals surface area contributed by atoms with Crippen LogP contribution in [0.5, 0.6) is 11.5 Å². The number of carbonyl (C=O) groups is 1. The fourth-order valence-corrected chi connectivity index (χ4v) is 2.88. The van der Waals surface area contributed by atoms with Crippen LogP contribution >= 0.6 is 0 Å². The lowest BCUT2D eigenvalue weighted by Crippen LogP contribution is -2.33. The summed E-state index contributed by atoms with van der Waals surface area (Å²) in [6.45, 7) is 2.38. The number of rotatable bonds is 5. The Bertz CT molecular complexity index is 1070. The Kier molecular flexibility index (Phi) is 4.80. The third-order valence-corrected chi connectivity index (χ3v) is 4.43. The second-order valence-electron chi connectivity index (χ2n) is 6.54. The van der Waals surface area contributed by atoms with Crippen LogP contribution < -0.4 is 20.3 Å². The van der Waals surface area contributed by atoms with E-state index in [-0.39, 0.29) is 24.8 Å². The number of aryl methyl sites for hydroxylation is 1. The van der Waals surface area contributed by atoms with Gasteiger partial charge in [-0.15, -0.1) is 0 Å². The van der Waals surface area contributed by atoms with E-state index in [1.807, 2.05) is 43.3 Å². The maximum Gasteiger partial charge on any atom is 0.267 e. The van der Waals surface area contributed by atoms with Gasteiger partial charge in [-0.05, 0) is 30.7 Å². The summed E-state index contributed by atoms with van der Waals surface area (Å²) < 4.78 is 11.8. The Hall–Kier alpha value is -3.61. The van der Waals surface area contributed by atoms with Crippen LogP contribution in [-0.4, -0.2) is 22.5 Å². The Morgan fingerprint density at radius 1 is 1.07 bits per heavy atom. The lowest BCUT2D eigenvalue weighted by Gasteiger charge is -2.09. The molecule has 1 aromatic heterocycles. The predicted molar refractivity (Wildman–Crippen MR) is 103 cm³/mol. The Labute approximate surface area is 161 Å². The molecule has 0 fully saturated rings. The molecule has 142 valence electrons. The Balaban J connectivity index is 1.43. The molecule has 7 heteroatoms. The highest BCUT2D eigenvalue weighted by atomic mass is 16.7. The number of nitrogens with zero attached hydrogens (tertiary/aromatic N) is 2. The Morgan fingerprint density at radius 2 is 1.86 bits per heavy atom. The summed E-state index contributed by atoms with van der Waals surface area (Å²) in [4.78, 5) is 24.4. The third-order valence-electron chi connectivity index (χ3n) is 4.43. The molecule has 0 spiro atoms. The number of nitrogens with one attached hydrogen (secondary N) is 1. The minimum atomic E-state index is -0.325. The first kappa shape index (κ1) is 17.8. The highest BCUT2D eigenvalue weighted by Crippen LogP contribution is 2.32. The topological polar surface area (TPSA) is 82.5 Å². The van der Waals surface area contributed by atoms with Crippen molar-refractivity contribution in [2.45, 2.75) is 20.0 Å². The second kappa shape index (κ2) is 7.56. The summed E-state index contributed by atoms with van der Waals surface area (Å²) in [5.74, 6) is 1.06. The van der Waals surface area contributed by atoms with Gasteiger partial charge in [0.05, 0.1) is 5.69 Å². The van der Waals surface area contributed by atoms with Crippen LogP contribution in [0, 0.1) is 6.92 Å². The zero-order valence-corrected chi connectivity index (χ0v) is 15.3. The maximum absolute atomic E-state index is 12.3. The quantitative estimate of drug-likeness (QED) is 0.738. The van der Waals surface area contributed by atoms with Crippen LogP contribution in [0.25, 0.3) is 11.3 Å². The lowest BCUT2D eigenvalue weighted by atomic mass is 10.1. The van der Waals surface area contributed by atoms with Gasteiger partial charge in [-0.1, -0.05) is 35.9 Å². The normalized spacial score (nSPS) is 12.0. The molecule has 1 amide bonds. The van der Waals surface area contributed by atoms with Crippen molar-refractivity contribution in [2.75, 3.05) is 6.79 Å². The van der Waals surface area contributed by atoms with E-state index < -0.39 is 0 Å². The molecule has 0 atom stereocenters. The molecule has 0 radical (unpaired) electrons. The van der Waals surface area contributed by atoms with Crippen LogP contribution in [0.15, 0.2) is 59.4 Å².